The maximum absolute atomic E-state index is 12.3. The van der Waals surface area contributed by atoms with Crippen LogP contribution in [0.2, 0.25) is 10.0 Å². The van der Waals surface area contributed by atoms with Crippen LogP contribution < -0.4 is 10.1 Å². The number of methoxy groups -OCH3 is 1. The van der Waals surface area contributed by atoms with E-state index in [0.717, 1.165) is 17.1 Å². The van der Waals surface area contributed by atoms with Gasteiger partial charge in [-0.05, 0) is 35.9 Å². The van der Waals surface area contributed by atoms with Crippen LogP contribution in [0, 0.1) is 0 Å². The minimum absolute atomic E-state index is 0.178. The molecule has 3 rings (SSSR count). The number of benzene rings is 2. The Morgan fingerprint density at radius 1 is 1.20 bits per heavy atom. The van der Waals surface area contributed by atoms with Crippen molar-refractivity contribution in [2.24, 2.45) is 0 Å². The normalized spacial score (nSPS) is 10.6. The summed E-state index contributed by atoms with van der Waals surface area (Å²) in [6.07, 6.45) is 2.39. The molecule has 0 fully saturated rings. The Morgan fingerprint density at radius 2 is 1.97 bits per heavy atom. The van der Waals surface area contributed by atoms with Gasteiger partial charge >= 0.3 is 0 Å². The second kappa shape index (κ2) is 10.5. The van der Waals surface area contributed by atoms with Crippen LogP contribution in [-0.2, 0) is 17.8 Å². The SMILES string of the molecule is C=CCn1c(Cc2ccc(OC)cc2)nnc1SCC(=O)Nc1ccc(Cl)c(Cl)c1. The molecule has 0 unspecified atom stereocenters. The lowest BCUT2D eigenvalue weighted by molar-refractivity contribution is -0.113. The van der Waals surface area contributed by atoms with Crippen molar-refractivity contribution in [3.63, 3.8) is 0 Å². The van der Waals surface area contributed by atoms with Gasteiger partial charge in [0.25, 0.3) is 0 Å². The molecule has 0 bridgehead atoms. The molecular weight excluding hydrogens is 443 g/mol. The Hall–Kier alpha value is -2.48. The maximum atomic E-state index is 12.3. The number of nitrogens with one attached hydrogen (secondary N) is 1. The molecule has 0 saturated carbocycles. The lowest BCUT2D eigenvalue weighted by Crippen LogP contribution is -2.14. The Labute approximate surface area is 189 Å². The summed E-state index contributed by atoms with van der Waals surface area (Å²) < 4.78 is 7.15. The van der Waals surface area contributed by atoms with E-state index < -0.39 is 0 Å². The van der Waals surface area contributed by atoms with Crippen molar-refractivity contribution in [1.29, 1.82) is 0 Å². The van der Waals surface area contributed by atoms with Crippen molar-refractivity contribution >= 4 is 46.6 Å². The van der Waals surface area contributed by atoms with E-state index in [1.165, 1.54) is 11.8 Å². The zero-order chi connectivity index (χ0) is 21.5. The number of ether oxygens (including phenoxy) is 1. The van der Waals surface area contributed by atoms with Gasteiger partial charge in [-0.15, -0.1) is 16.8 Å². The van der Waals surface area contributed by atoms with Crippen LogP contribution in [0.25, 0.3) is 0 Å². The smallest absolute Gasteiger partial charge is 0.234 e. The van der Waals surface area contributed by atoms with Crippen LogP contribution in [-0.4, -0.2) is 33.5 Å². The average molecular weight is 463 g/mol. The fourth-order valence-electron chi connectivity index (χ4n) is 2.70. The number of allylic oxidation sites excluding steroid dienone is 1. The number of halogens is 2. The Balaban J connectivity index is 1.65. The molecule has 0 spiro atoms. The minimum Gasteiger partial charge on any atom is -0.497 e. The molecule has 9 heteroatoms. The van der Waals surface area contributed by atoms with Crippen molar-refractivity contribution < 1.29 is 9.53 Å². The highest BCUT2D eigenvalue weighted by Gasteiger charge is 2.14. The lowest BCUT2D eigenvalue weighted by Gasteiger charge is -2.09. The van der Waals surface area contributed by atoms with Gasteiger partial charge in [0.2, 0.25) is 5.91 Å². The van der Waals surface area contributed by atoms with Crippen LogP contribution in [0.15, 0.2) is 60.3 Å². The summed E-state index contributed by atoms with van der Waals surface area (Å²) in [5, 5.41) is 12.8. The number of carbonyl (C=O) groups excluding carboxylic acids is 1. The number of nitrogens with zero attached hydrogens (tertiary/aromatic N) is 3. The zero-order valence-electron chi connectivity index (χ0n) is 16.3. The molecule has 156 valence electrons. The molecule has 1 amide bonds. The Bertz CT molecular complexity index is 1040. The van der Waals surface area contributed by atoms with Gasteiger partial charge in [0.05, 0.1) is 22.9 Å². The molecule has 1 N–H and O–H groups in total. The molecule has 3 aromatic rings. The van der Waals surface area contributed by atoms with Crippen LogP contribution in [0.3, 0.4) is 0 Å². The maximum Gasteiger partial charge on any atom is 0.234 e. The molecular formula is C21H20Cl2N4O2S. The van der Waals surface area contributed by atoms with Gasteiger partial charge in [-0.25, -0.2) is 0 Å². The van der Waals surface area contributed by atoms with Crippen molar-refractivity contribution in [1.82, 2.24) is 14.8 Å². The fraction of sp³-hybridized carbons (Fsp3) is 0.190. The summed E-state index contributed by atoms with van der Waals surface area (Å²) in [5.74, 6) is 1.60. The summed E-state index contributed by atoms with van der Waals surface area (Å²) in [7, 11) is 1.64. The van der Waals surface area contributed by atoms with Gasteiger partial charge in [0, 0.05) is 18.7 Å². The Morgan fingerprint density at radius 3 is 2.63 bits per heavy atom. The van der Waals surface area contributed by atoms with Crippen LogP contribution in [0.1, 0.15) is 11.4 Å². The number of amides is 1. The monoisotopic (exact) mass is 462 g/mol. The van der Waals surface area contributed by atoms with Gasteiger partial charge in [0.15, 0.2) is 5.16 Å². The third-order valence-corrected chi connectivity index (χ3v) is 5.87. The predicted molar refractivity (Wildman–Crippen MR) is 122 cm³/mol. The molecule has 6 nitrogen and oxygen atoms in total. The number of thioether (sulfide) groups is 1. The summed E-state index contributed by atoms with van der Waals surface area (Å²) >= 11 is 13.2. The highest BCUT2D eigenvalue weighted by Crippen LogP contribution is 2.25. The summed E-state index contributed by atoms with van der Waals surface area (Å²) in [6, 6.07) is 12.7. The summed E-state index contributed by atoms with van der Waals surface area (Å²) in [6.45, 7) is 4.36. The molecule has 2 aromatic carbocycles. The van der Waals surface area contributed by atoms with Crippen molar-refractivity contribution in [2.75, 3.05) is 18.2 Å². The molecule has 0 saturated heterocycles. The van der Waals surface area contributed by atoms with E-state index in [-0.39, 0.29) is 11.7 Å². The first-order chi connectivity index (χ1) is 14.5. The number of hydrogen-bond acceptors (Lipinski definition) is 5. The van der Waals surface area contributed by atoms with E-state index in [1.807, 2.05) is 28.8 Å². The molecule has 0 aliphatic rings. The van der Waals surface area contributed by atoms with E-state index in [1.54, 1.807) is 31.4 Å². The zero-order valence-corrected chi connectivity index (χ0v) is 18.6. The molecule has 1 heterocycles. The van der Waals surface area contributed by atoms with E-state index in [2.05, 4.69) is 22.1 Å². The summed E-state index contributed by atoms with van der Waals surface area (Å²) in [4.78, 5) is 12.3. The van der Waals surface area contributed by atoms with Crippen LogP contribution in [0.4, 0.5) is 5.69 Å². The molecule has 0 aliphatic carbocycles. The first kappa shape index (κ1) is 22.2. The van der Waals surface area contributed by atoms with Gasteiger partial charge in [0.1, 0.15) is 11.6 Å². The van der Waals surface area contributed by atoms with Gasteiger partial charge in [-0.2, -0.15) is 0 Å². The van der Waals surface area contributed by atoms with Crippen molar-refractivity contribution in [3.8, 4) is 5.75 Å². The Kier molecular flexibility index (Phi) is 7.79. The first-order valence-corrected chi connectivity index (χ1v) is 10.8. The number of rotatable bonds is 9. The number of hydrogen-bond donors (Lipinski definition) is 1. The summed E-state index contributed by atoms with van der Waals surface area (Å²) in [5.41, 5.74) is 1.67. The van der Waals surface area contributed by atoms with Gasteiger partial charge in [-0.1, -0.05) is 53.2 Å². The number of anilines is 1. The largest absolute Gasteiger partial charge is 0.497 e. The standard InChI is InChI=1S/C21H20Cl2N4O2S/c1-3-10-27-19(11-14-4-7-16(29-2)8-5-14)25-26-21(27)30-13-20(28)24-15-6-9-17(22)18(23)12-15/h3-9,12H,1,10-11,13H2,2H3,(H,24,28). The van der Waals surface area contributed by atoms with Gasteiger partial charge < -0.3 is 14.6 Å². The third-order valence-electron chi connectivity index (χ3n) is 4.16. The van der Waals surface area contributed by atoms with Crippen LogP contribution >= 0.6 is 35.0 Å². The fourth-order valence-corrected chi connectivity index (χ4v) is 3.76. The minimum atomic E-state index is -0.178. The average Bonchev–Trinajstić information content (AvgIpc) is 3.11. The predicted octanol–water partition coefficient (Wildman–Crippen LogP) is 5.10. The molecule has 0 atom stereocenters. The third kappa shape index (κ3) is 5.78. The highest BCUT2D eigenvalue weighted by atomic mass is 35.5. The van der Waals surface area contributed by atoms with E-state index in [0.29, 0.717) is 33.9 Å². The first-order valence-electron chi connectivity index (χ1n) is 9.03. The van der Waals surface area contributed by atoms with Crippen molar-refractivity contribution in [2.45, 2.75) is 18.1 Å². The van der Waals surface area contributed by atoms with Crippen LogP contribution in [0.5, 0.6) is 5.75 Å². The highest BCUT2D eigenvalue weighted by molar-refractivity contribution is 7.99. The number of aromatic nitrogens is 3. The van der Waals surface area contributed by atoms with Gasteiger partial charge in [-0.3, -0.25) is 4.79 Å². The number of carbonyl (C=O) groups is 1. The van der Waals surface area contributed by atoms with E-state index in [9.17, 15) is 4.79 Å². The quantitative estimate of drug-likeness (QED) is 0.353. The lowest BCUT2D eigenvalue weighted by atomic mass is 10.1. The van der Waals surface area contributed by atoms with E-state index in [4.69, 9.17) is 27.9 Å². The second-order valence-electron chi connectivity index (χ2n) is 6.29. The molecule has 30 heavy (non-hydrogen) atoms. The second-order valence-corrected chi connectivity index (χ2v) is 8.05. The topological polar surface area (TPSA) is 69.0 Å². The molecule has 1 aromatic heterocycles. The van der Waals surface area contributed by atoms with Crippen molar-refractivity contribution in [3.05, 3.63) is 76.6 Å². The molecule has 0 aliphatic heterocycles. The van der Waals surface area contributed by atoms with E-state index >= 15 is 0 Å². The molecule has 0 radical (unpaired) electrons.